The van der Waals surface area contributed by atoms with Gasteiger partial charge in [-0.05, 0) is 22.8 Å². The van der Waals surface area contributed by atoms with E-state index in [1.165, 1.54) is 16.5 Å². The van der Waals surface area contributed by atoms with E-state index in [1.54, 1.807) is 23.5 Å². The molecule has 0 saturated heterocycles. The highest BCUT2D eigenvalue weighted by atomic mass is 32.1. The van der Waals surface area contributed by atoms with E-state index in [-0.39, 0.29) is 10.6 Å². The Morgan fingerprint density at radius 1 is 1.18 bits per heavy atom. The molecule has 4 rings (SSSR count). The smallest absolute Gasteiger partial charge is 0.278 e. The molecule has 0 fully saturated rings. The summed E-state index contributed by atoms with van der Waals surface area (Å²) in [6, 6.07) is 12.9. The summed E-state index contributed by atoms with van der Waals surface area (Å²) >= 11 is 1.57. The third-order valence-corrected chi connectivity index (χ3v) is 4.79. The molecule has 0 saturated carbocycles. The zero-order chi connectivity index (χ0) is 15.3. The molecule has 0 bridgehead atoms. The highest BCUT2D eigenvalue weighted by Gasteiger charge is 2.25. The topological polar surface area (TPSA) is 83.3 Å². The Morgan fingerprint density at radius 2 is 2.00 bits per heavy atom. The van der Waals surface area contributed by atoms with Crippen LogP contribution in [0.5, 0.6) is 0 Å². The Bertz CT molecular complexity index is 918. The molecule has 0 unspecified atom stereocenters. The lowest BCUT2D eigenvalue weighted by atomic mass is 10.00. The summed E-state index contributed by atoms with van der Waals surface area (Å²) in [5, 5.41) is 11.6. The second kappa shape index (κ2) is 4.64. The van der Waals surface area contributed by atoms with Crippen LogP contribution in [0, 0.1) is 10.1 Å². The molecule has 22 heavy (non-hydrogen) atoms. The number of nitrogens with one attached hydrogen (secondary N) is 1. The van der Waals surface area contributed by atoms with Gasteiger partial charge in [-0.1, -0.05) is 35.6 Å². The number of aromatic nitrogens is 1. The standard InChI is InChI=1S/C16H11N3O2S/c17-16-18-15-13-5-4-10(6-11(13)8-14(15)22-16)9-2-1-3-12(7-9)19(20)21/h1-7H,8H2,(H2,17,18)/p+1. The number of rotatable bonds is 2. The Balaban J connectivity index is 1.78. The van der Waals surface area contributed by atoms with E-state index in [0.717, 1.165) is 33.9 Å². The van der Waals surface area contributed by atoms with Crippen molar-refractivity contribution in [3.05, 3.63) is 63.0 Å². The van der Waals surface area contributed by atoms with Gasteiger partial charge < -0.3 is 0 Å². The minimum atomic E-state index is -0.369. The van der Waals surface area contributed by atoms with Gasteiger partial charge >= 0.3 is 5.13 Å². The minimum Gasteiger partial charge on any atom is -0.278 e. The van der Waals surface area contributed by atoms with Gasteiger partial charge in [0.05, 0.1) is 9.80 Å². The molecule has 1 aromatic heterocycles. The normalized spacial score (nSPS) is 12.0. The van der Waals surface area contributed by atoms with Crippen LogP contribution >= 0.6 is 11.3 Å². The van der Waals surface area contributed by atoms with Crippen molar-refractivity contribution in [2.24, 2.45) is 0 Å². The zero-order valence-electron chi connectivity index (χ0n) is 11.5. The van der Waals surface area contributed by atoms with E-state index in [1.807, 2.05) is 12.1 Å². The van der Waals surface area contributed by atoms with Crippen molar-refractivity contribution in [1.82, 2.24) is 0 Å². The first-order chi connectivity index (χ1) is 10.6. The molecule has 0 amide bonds. The fraction of sp³-hybridized carbons (Fsp3) is 0.0625. The number of aromatic amines is 1. The van der Waals surface area contributed by atoms with Crippen LogP contribution in [0.2, 0.25) is 0 Å². The molecule has 1 heterocycles. The van der Waals surface area contributed by atoms with Gasteiger partial charge in [-0.3, -0.25) is 15.8 Å². The van der Waals surface area contributed by atoms with E-state index in [2.05, 4.69) is 17.1 Å². The predicted octanol–water partition coefficient (Wildman–Crippen LogP) is 3.29. The largest absolute Gasteiger partial charge is 0.330 e. The number of nitrogen functional groups attached to an aromatic ring is 1. The fourth-order valence-corrected chi connectivity index (χ4v) is 3.79. The van der Waals surface area contributed by atoms with Crippen LogP contribution in [0.3, 0.4) is 0 Å². The Hall–Kier alpha value is -2.73. The van der Waals surface area contributed by atoms with E-state index in [4.69, 9.17) is 5.73 Å². The Kier molecular flexibility index (Phi) is 2.74. The number of nitrogens with zero attached hydrogens (tertiary/aromatic N) is 1. The van der Waals surface area contributed by atoms with Crippen LogP contribution in [0.4, 0.5) is 10.8 Å². The van der Waals surface area contributed by atoms with Gasteiger partial charge in [0.2, 0.25) is 0 Å². The van der Waals surface area contributed by atoms with Crippen molar-refractivity contribution in [3.63, 3.8) is 0 Å². The van der Waals surface area contributed by atoms with E-state index < -0.39 is 0 Å². The summed E-state index contributed by atoms with van der Waals surface area (Å²) in [6.07, 6.45) is 0.853. The number of benzene rings is 2. The molecule has 0 radical (unpaired) electrons. The first-order valence-corrected chi connectivity index (χ1v) is 7.62. The van der Waals surface area contributed by atoms with Crippen molar-refractivity contribution in [1.29, 1.82) is 0 Å². The third kappa shape index (κ3) is 1.96. The van der Waals surface area contributed by atoms with Crippen molar-refractivity contribution in [2.75, 3.05) is 5.73 Å². The van der Waals surface area contributed by atoms with E-state index in [0.29, 0.717) is 0 Å². The monoisotopic (exact) mass is 310 g/mol. The number of anilines is 1. The number of nitro benzene ring substituents is 1. The van der Waals surface area contributed by atoms with Crippen LogP contribution < -0.4 is 10.7 Å². The van der Waals surface area contributed by atoms with Crippen LogP contribution in [-0.2, 0) is 6.42 Å². The molecule has 0 atom stereocenters. The van der Waals surface area contributed by atoms with Crippen molar-refractivity contribution >= 4 is 22.2 Å². The average molecular weight is 310 g/mol. The number of nitrogens with two attached hydrogens (primary N) is 1. The lowest BCUT2D eigenvalue weighted by Crippen LogP contribution is -2.06. The maximum atomic E-state index is 10.9. The lowest BCUT2D eigenvalue weighted by Gasteiger charge is -2.05. The van der Waals surface area contributed by atoms with E-state index in [9.17, 15) is 10.1 Å². The van der Waals surface area contributed by atoms with Crippen LogP contribution in [0.15, 0.2) is 42.5 Å². The van der Waals surface area contributed by atoms with Gasteiger partial charge in [-0.15, -0.1) is 0 Å². The third-order valence-electron chi connectivity index (χ3n) is 3.88. The number of hydrogen-bond donors (Lipinski definition) is 1. The summed E-state index contributed by atoms with van der Waals surface area (Å²) < 4.78 is 0. The minimum absolute atomic E-state index is 0.109. The lowest BCUT2D eigenvalue weighted by molar-refractivity contribution is -0.384. The molecule has 1 aliphatic rings. The molecule has 6 heteroatoms. The van der Waals surface area contributed by atoms with E-state index >= 15 is 0 Å². The predicted molar refractivity (Wildman–Crippen MR) is 85.6 cm³/mol. The molecular formula is C16H12N3O2S+. The zero-order valence-corrected chi connectivity index (χ0v) is 12.3. The van der Waals surface area contributed by atoms with Gasteiger partial charge in [0.15, 0.2) is 0 Å². The second-order valence-electron chi connectivity index (χ2n) is 5.25. The molecule has 5 nitrogen and oxygen atoms in total. The van der Waals surface area contributed by atoms with Crippen molar-refractivity contribution < 1.29 is 9.91 Å². The first kappa shape index (κ1) is 13.0. The highest BCUT2D eigenvalue weighted by molar-refractivity contribution is 7.15. The molecule has 3 N–H and O–H groups in total. The molecule has 2 aromatic carbocycles. The summed E-state index contributed by atoms with van der Waals surface area (Å²) in [6.45, 7) is 0. The van der Waals surface area contributed by atoms with Crippen LogP contribution in [0.1, 0.15) is 10.4 Å². The summed E-state index contributed by atoms with van der Waals surface area (Å²) in [4.78, 5) is 15.0. The quantitative estimate of drug-likeness (QED) is 0.455. The van der Waals surface area contributed by atoms with Crippen molar-refractivity contribution in [2.45, 2.75) is 6.42 Å². The molecule has 1 aliphatic carbocycles. The van der Waals surface area contributed by atoms with Gasteiger partial charge in [0.25, 0.3) is 5.69 Å². The first-order valence-electron chi connectivity index (χ1n) is 6.80. The van der Waals surface area contributed by atoms with Gasteiger partial charge in [0, 0.05) is 24.1 Å². The maximum absolute atomic E-state index is 10.9. The maximum Gasteiger partial charge on any atom is 0.330 e. The Labute approximate surface area is 130 Å². The SMILES string of the molecule is Nc1[nH+]c2c(s1)Cc1cc(-c3cccc([N+](=O)[O-])c3)ccc1-2. The average Bonchev–Trinajstić information content (AvgIpc) is 3.02. The summed E-state index contributed by atoms with van der Waals surface area (Å²) in [7, 11) is 0. The molecular weight excluding hydrogens is 298 g/mol. The van der Waals surface area contributed by atoms with Crippen LogP contribution in [0.25, 0.3) is 22.4 Å². The van der Waals surface area contributed by atoms with Gasteiger partial charge in [-0.2, -0.15) is 0 Å². The van der Waals surface area contributed by atoms with Gasteiger partial charge in [-0.25, -0.2) is 4.98 Å². The molecule has 0 spiro atoms. The number of fused-ring (bicyclic) bond motifs is 3. The summed E-state index contributed by atoms with van der Waals surface area (Å²) in [5.74, 6) is 0. The Morgan fingerprint density at radius 3 is 2.82 bits per heavy atom. The van der Waals surface area contributed by atoms with Gasteiger partial charge in [0.1, 0.15) is 5.69 Å². The number of non-ortho nitro benzene ring substituents is 1. The fourth-order valence-electron chi connectivity index (χ4n) is 2.88. The molecule has 3 aromatic rings. The van der Waals surface area contributed by atoms with Crippen LogP contribution in [-0.4, -0.2) is 4.92 Å². The number of hydrogen-bond acceptors (Lipinski definition) is 4. The number of H-pyrrole nitrogens is 1. The molecule has 0 aliphatic heterocycles. The highest BCUT2D eigenvalue weighted by Crippen LogP contribution is 2.39. The van der Waals surface area contributed by atoms with Crippen molar-refractivity contribution in [3.8, 4) is 22.4 Å². The molecule has 108 valence electrons. The summed E-state index contributed by atoms with van der Waals surface area (Å²) in [5.41, 5.74) is 11.3. The number of nitro groups is 1. The second-order valence-corrected chi connectivity index (χ2v) is 6.38. The number of thiazole rings is 1.